The second-order valence-corrected chi connectivity index (χ2v) is 7.65. The normalized spacial score (nSPS) is 23.6. The number of hydrogen-bond donors (Lipinski definition) is 1. The average molecular weight is 340 g/mol. The summed E-state index contributed by atoms with van der Waals surface area (Å²) in [6, 6.07) is 7.97. The third-order valence-electron chi connectivity index (χ3n) is 5.37. The first-order chi connectivity index (χ1) is 11.9. The number of benzene rings is 1. The summed E-state index contributed by atoms with van der Waals surface area (Å²) in [6.45, 7) is 6.30. The lowest BCUT2D eigenvalue weighted by atomic mass is 9.95. The van der Waals surface area contributed by atoms with Crippen LogP contribution in [0.2, 0.25) is 0 Å². The minimum absolute atomic E-state index is 0.0157. The Kier molecular flexibility index (Phi) is 3.61. The molecule has 25 heavy (non-hydrogen) atoms. The summed E-state index contributed by atoms with van der Waals surface area (Å²) in [6.07, 6.45) is 2.16. The third kappa shape index (κ3) is 2.61. The number of carbonyl (C=O) groups is 2. The number of rotatable bonds is 2. The molecule has 4 rings (SSSR count). The Labute approximate surface area is 147 Å². The molecule has 0 radical (unpaired) electrons. The van der Waals surface area contributed by atoms with Gasteiger partial charge in [-0.25, -0.2) is 0 Å². The highest BCUT2D eigenvalue weighted by Gasteiger charge is 2.47. The van der Waals surface area contributed by atoms with E-state index < -0.39 is 5.54 Å². The summed E-state index contributed by atoms with van der Waals surface area (Å²) in [5, 5.41) is 4.11. The maximum atomic E-state index is 12.6. The number of nitrogens with one attached hydrogen (secondary N) is 1. The Bertz CT molecular complexity index is 854. The van der Waals surface area contributed by atoms with Crippen LogP contribution in [0.3, 0.4) is 0 Å². The number of piperazine rings is 2. The van der Waals surface area contributed by atoms with Gasteiger partial charge in [0.25, 0.3) is 0 Å². The minimum Gasteiger partial charge on any atom is -0.350 e. The third-order valence-corrected chi connectivity index (χ3v) is 5.37. The maximum Gasteiger partial charge on any atom is 0.248 e. The predicted octanol–water partition coefficient (Wildman–Crippen LogP) is 1.10. The van der Waals surface area contributed by atoms with E-state index >= 15 is 0 Å². The molecule has 2 aliphatic heterocycles. The molecule has 6 nitrogen and oxygen atoms in total. The lowest BCUT2D eigenvalue weighted by Crippen LogP contribution is -2.72. The number of para-hydroxylation sites is 1. The van der Waals surface area contributed by atoms with Crippen LogP contribution in [0.15, 0.2) is 30.5 Å². The highest BCUT2D eigenvalue weighted by Crippen LogP contribution is 2.25. The van der Waals surface area contributed by atoms with Crippen molar-refractivity contribution < 1.29 is 9.59 Å². The molecule has 132 valence electrons. The standard InChI is InChI=1S/C19H24N4O2/c1-19(2)18(25)23-9-8-22(12-16(23)17(24)20-19)11-13-10-21(3)15-7-5-4-6-14(13)15/h4-7,10,16H,8-9,11-12H2,1-3H3,(H,20,24). The van der Waals surface area contributed by atoms with Gasteiger partial charge in [0.05, 0.1) is 0 Å². The fourth-order valence-electron chi connectivity index (χ4n) is 4.05. The number of aromatic nitrogens is 1. The first-order valence-corrected chi connectivity index (χ1v) is 8.75. The van der Waals surface area contributed by atoms with Crippen molar-refractivity contribution in [3.05, 3.63) is 36.0 Å². The molecule has 1 aromatic carbocycles. The first kappa shape index (κ1) is 16.1. The number of amides is 2. The van der Waals surface area contributed by atoms with E-state index in [0.717, 1.165) is 13.1 Å². The summed E-state index contributed by atoms with van der Waals surface area (Å²) < 4.78 is 2.14. The van der Waals surface area contributed by atoms with E-state index in [2.05, 4.69) is 46.2 Å². The van der Waals surface area contributed by atoms with Gasteiger partial charge in [-0.2, -0.15) is 0 Å². The van der Waals surface area contributed by atoms with E-state index in [1.54, 1.807) is 18.7 Å². The summed E-state index contributed by atoms with van der Waals surface area (Å²) >= 11 is 0. The molecule has 3 heterocycles. The van der Waals surface area contributed by atoms with Crippen molar-refractivity contribution in [1.29, 1.82) is 0 Å². The number of carbonyl (C=O) groups excluding carboxylic acids is 2. The Morgan fingerprint density at radius 2 is 1.96 bits per heavy atom. The van der Waals surface area contributed by atoms with Crippen LogP contribution >= 0.6 is 0 Å². The largest absolute Gasteiger partial charge is 0.350 e. The van der Waals surface area contributed by atoms with E-state index in [9.17, 15) is 9.59 Å². The molecular weight excluding hydrogens is 316 g/mol. The van der Waals surface area contributed by atoms with Crippen LogP contribution in [0, 0.1) is 0 Å². The van der Waals surface area contributed by atoms with E-state index in [1.807, 2.05) is 6.07 Å². The van der Waals surface area contributed by atoms with E-state index in [0.29, 0.717) is 13.1 Å². The Hall–Kier alpha value is -2.34. The Morgan fingerprint density at radius 3 is 2.76 bits per heavy atom. The Balaban J connectivity index is 1.55. The molecule has 0 saturated carbocycles. The van der Waals surface area contributed by atoms with Crippen molar-refractivity contribution in [3.63, 3.8) is 0 Å². The van der Waals surface area contributed by atoms with Crippen LogP contribution in [0.5, 0.6) is 0 Å². The molecule has 0 bridgehead atoms. The summed E-state index contributed by atoms with van der Waals surface area (Å²) in [7, 11) is 2.05. The van der Waals surface area contributed by atoms with Crippen LogP contribution in [0.4, 0.5) is 0 Å². The molecule has 0 aliphatic carbocycles. The molecule has 2 aromatic rings. The maximum absolute atomic E-state index is 12.6. The van der Waals surface area contributed by atoms with Gasteiger partial charge < -0.3 is 14.8 Å². The van der Waals surface area contributed by atoms with Crippen molar-refractivity contribution in [2.24, 2.45) is 7.05 Å². The van der Waals surface area contributed by atoms with Crippen molar-refractivity contribution >= 4 is 22.7 Å². The van der Waals surface area contributed by atoms with E-state index in [1.165, 1.54) is 16.5 Å². The van der Waals surface area contributed by atoms with Crippen LogP contribution < -0.4 is 5.32 Å². The minimum atomic E-state index is -0.800. The lowest BCUT2D eigenvalue weighted by Gasteiger charge is -2.47. The molecule has 2 saturated heterocycles. The number of nitrogens with zero attached hydrogens (tertiary/aromatic N) is 3. The summed E-state index contributed by atoms with van der Waals surface area (Å²) in [4.78, 5) is 29.0. The van der Waals surface area contributed by atoms with Gasteiger partial charge in [-0.15, -0.1) is 0 Å². The lowest BCUT2D eigenvalue weighted by molar-refractivity contribution is -0.157. The molecule has 0 spiro atoms. The monoisotopic (exact) mass is 340 g/mol. The van der Waals surface area contributed by atoms with Crippen LogP contribution in [0.1, 0.15) is 19.4 Å². The molecule has 6 heteroatoms. The zero-order valence-corrected chi connectivity index (χ0v) is 15.0. The molecule has 1 unspecified atom stereocenters. The topological polar surface area (TPSA) is 57.6 Å². The molecular formula is C19H24N4O2. The highest BCUT2D eigenvalue weighted by molar-refractivity contribution is 5.99. The zero-order chi connectivity index (χ0) is 17.8. The Morgan fingerprint density at radius 1 is 1.20 bits per heavy atom. The summed E-state index contributed by atoms with van der Waals surface area (Å²) in [5.41, 5.74) is 1.67. The second-order valence-electron chi connectivity index (χ2n) is 7.65. The van der Waals surface area contributed by atoms with Gasteiger partial charge in [0, 0.05) is 50.3 Å². The van der Waals surface area contributed by atoms with Gasteiger partial charge in [0.15, 0.2) is 0 Å². The van der Waals surface area contributed by atoms with Gasteiger partial charge >= 0.3 is 0 Å². The van der Waals surface area contributed by atoms with E-state index in [4.69, 9.17) is 0 Å². The second kappa shape index (κ2) is 5.59. The fourth-order valence-corrected chi connectivity index (χ4v) is 4.05. The molecule has 2 aliphatic rings. The quantitative estimate of drug-likeness (QED) is 0.891. The average Bonchev–Trinajstić information content (AvgIpc) is 2.89. The smallest absolute Gasteiger partial charge is 0.248 e. The first-order valence-electron chi connectivity index (χ1n) is 8.75. The van der Waals surface area contributed by atoms with Gasteiger partial charge in [-0.1, -0.05) is 18.2 Å². The SMILES string of the molecule is Cn1cc(CN2CCN3C(=O)C(C)(C)NC(=O)C3C2)c2ccccc21. The fraction of sp³-hybridized carbons (Fsp3) is 0.474. The van der Waals surface area contributed by atoms with Crippen LogP contribution in [-0.2, 0) is 23.2 Å². The van der Waals surface area contributed by atoms with Crippen molar-refractivity contribution in [2.75, 3.05) is 19.6 Å². The predicted molar refractivity (Wildman–Crippen MR) is 95.9 cm³/mol. The van der Waals surface area contributed by atoms with Crippen molar-refractivity contribution in [3.8, 4) is 0 Å². The van der Waals surface area contributed by atoms with Crippen molar-refractivity contribution in [1.82, 2.24) is 19.7 Å². The highest BCUT2D eigenvalue weighted by atomic mass is 16.2. The van der Waals surface area contributed by atoms with Gasteiger partial charge in [-0.3, -0.25) is 14.5 Å². The van der Waals surface area contributed by atoms with Gasteiger partial charge in [0.1, 0.15) is 11.6 Å². The molecule has 2 amide bonds. The molecule has 2 fully saturated rings. The molecule has 1 atom stereocenters. The number of fused-ring (bicyclic) bond motifs is 2. The van der Waals surface area contributed by atoms with Crippen molar-refractivity contribution in [2.45, 2.75) is 32.0 Å². The molecule has 1 aromatic heterocycles. The van der Waals surface area contributed by atoms with Crippen LogP contribution in [0.25, 0.3) is 10.9 Å². The number of hydrogen-bond acceptors (Lipinski definition) is 3. The van der Waals surface area contributed by atoms with E-state index in [-0.39, 0.29) is 17.9 Å². The zero-order valence-electron chi connectivity index (χ0n) is 15.0. The number of aryl methyl sites for hydroxylation is 1. The van der Waals surface area contributed by atoms with Gasteiger partial charge in [-0.05, 0) is 25.5 Å². The van der Waals surface area contributed by atoms with Gasteiger partial charge in [0.2, 0.25) is 11.8 Å². The van der Waals surface area contributed by atoms with Crippen LogP contribution in [-0.4, -0.2) is 57.4 Å². The molecule has 1 N–H and O–H groups in total. The summed E-state index contributed by atoms with van der Waals surface area (Å²) in [5.74, 6) is -0.0332.